The first-order valence-electron chi connectivity index (χ1n) is 5.56. The quantitative estimate of drug-likeness (QED) is 0.608. The fourth-order valence-electron chi connectivity index (χ4n) is 2.21. The standard InChI is InChI=1S/C12H17FN2O/c1-8-4-5-9(13)7-10(8)12(15-14)11-3-2-6-16-11/h4-5,7,11-12,15H,2-3,6,14H2,1H3. The maximum atomic E-state index is 13.2. The Balaban J connectivity index is 2.28. The molecule has 0 amide bonds. The Labute approximate surface area is 94.8 Å². The number of nitrogens with two attached hydrogens (primary N) is 1. The molecule has 0 radical (unpaired) electrons. The maximum Gasteiger partial charge on any atom is 0.123 e. The summed E-state index contributed by atoms with van der Waals surface area (Å²) < 4.78 is 18.8. The van der Waals surface area contributed by atoms with Crippen molar-refractivity contribution in [3.05, 3.63) is 35.1 Å². The van der Waals surface area contributed by atoms with Crippen molar-refractivity contribution < 1.29 is 9.13 Å². The minimum Gasteiger partial charge on any atom is -0.376 e. The van der Waals surface area contributed by atoms with Gasteiger partial charge in [-0.15, -0.1) is 0 Å². The predicted molar refractivity (Wildman–Crippen MR) is 60.2 cm³/mol. The second-order valence-corrected chi connectivity index (χ2v) is 4.20. The molecule has 4 heteroatoms. The van der Waals surface area contributed by atoms with Crippen molar-refractivity contribution in [2.45, 2.75) is 31.9 Å². The lowest BCUT2D eigenvalue weighted by molar-refractivity contribution is 0.0780. The van der Waals surface area contributed by atoms with Gasteiger partial charge in [-0.25, -0.2) is 4.39 Å². The molecule has 16 heavy (non-hydrogen) atoms. The van der Waals surface area contributed by atoms with Crippen LogP contribution in [0.25, 0.3) is 0 Å². The van der Waals surface area contributed by atoms with E-state index in [-0.39, 0.29) is 18.0 Å². The van der Waals surface area contributed by atoms with Crippen LogP contribution in [0.3, 0.4) is 0 Å². The summed E-state index contributed by atoms with van der Waals surface area (Å²) in [5.41, 5.74) is 4.65. The summed E-state index contributed by atoms with van der Waals surface area (Å²) in [5, 5.41) is 0. The van der Waals surface area contributed by atoms with Crippen molar-refractivity contribution >= 4 is 0 Å². The SMILES string of the molecule is Cc1ccc(F)cc1C(NN)C1CCCO1. The van der Waals surface area contributed by atoms with Crippen LogP contribution in [-0.4, -0.2) is 12.7 Å². The molecule has 88 valence electrons. The smallest absolute Gasteiger partial charge is 0.123 e. The number of hydrogen-bond donors (Lipinski definition) is 2. The second kappa shape index (κ2) is 4.91. The lowest BCUT2D eigenvalue weighted by atomic mass is 9.96. The largest absolute Gasteiger partial charge is 0.376 e. The Bertz CT molecular complexity index is 364. The van der Waals surface area contributed by atoms with Crippen molar-refractivity contribution in [1.29, 1.82) is 0 Å². The Kier molecular flexibility index (Phi) is 3.53. The van der Waals surface area contributed by atoms with Crippen molar-refractivity contribution in [2.75, 3.05) is 6.61 Å². The van der Waals surface area contributed by atoms with Gasteiger partial charge in [0.1, 0.15) is 5.82 Å². The van der Waals surface area contributed by atoms with Gasteiger partial charge in [-0.1, -0.05) is 6.07 Å². The average molecular weight is 224 g/mol. The maximum absolute atomic E-state index is 13.2. The van der Waals surface area contributed by atoms with Crippen LogP contribution in [0.4, 0.5) is 4.39 Å². The van der Waals surface area contributed by atoms with E-state index in [4.69, 9.17) is 10.6 Å². The molecule has 1 aromatic carbocycles. The Morgan fingerprint density at radius 1 is 1.56 bits per heavy atom. The second-order valence-electron chi connectivity index (χ2n) is 4.20. The number of nitrogens with one attached hydrogen (secondary N) is 1. The van der Waals surface area contributed by atoms with Crippen LogP contribution >= 0.6 is 0 Å². The number of ether oxygens (including phenoxy) is 1. The number of hydrazine groups is 1. The van der Waals surface area contributed by atoms with E-state index in [0.29, 0.717) is 0 Å². The van der Waals surface area contributed by atoms with Gasteiger partial charge < -0.3 is 4.74 Å². The number of aryl methyl sites for hydroxylation is 1. The van der Waals surface area contributed by atoms with Crippen LogP contribution in [-0.2, 0) is 4.74 Å². The average Bonchev–Trinajstić information content (AvgIpc) is 2.78. The Morgan fingerprint density at radius 3 is 3.00 bits per heavy atom. The van der Waals surface area contributed by atoms with Gasteiger partial charge in [0.15, 0.2) is 0 Å². The Hall–Kier alpha value is -0.970. The summed E-state index contributed by atoms with van der Waals surface area (Å²) in [6.07, 6.45) is 2.05. The summed E-state index contributed by atoms with van der Waals surface area (Å²) in [4.78, 5) is 0. The highest BCUT2D eigenvalue weighted by Crippen LogP contribution is 2.28. The first-order valence-corrected chi connectivity index (χ1v) is 5.56. The molecule has 3 nitrogen and oxygen atoms in total. The predicted octanol–water partition coefficient (Wildman–Crippen LogP) is 1.82. The third kappa shape index (κ3) is 2.24. The summed E-state index contributed by atoms with van der Waals surface area (Å²) in [5.74, 6) is 5.31. The molecule has 0 bridgehead atoms. The first kappa shape index (κ1) is 11.5. The van der Waals surface area contributed by atoms with E-state index in [1.54, 1.807) is 6.07 Å². The molecule has 0 aliphatic carbocycles. The summed E-state index contributed by atoms with van der Waals surface area (Å²) in [6, 6.07) is 4.63. The number of benzene rings is 1. The lowest BCUT2D eigenvalue weighted by Gasteiger charge is -2.24. The van der Waals surface area contributed by atoms with Gasteiger partial charge in [0.25, 0.3) is 0 Å². The Morgan fingerprint density at radius 2 is 2.38 bits per heavy atom. The molecule has 0 spiro atoms. The first-order chi connectivity index (χ1) is 7.72. The van der Waals surface area contributed by atoms with Crippen molar-refractivity contribution in [3.63, 3.8) is 0 Å². The zero-order chi connectivity index (χ0) is 11.5. The number of rotatable bonds is 3. The molecule has 1 aliphatic rings. The third-order valence-electron chi connectivity index (χ3n) is 3.09. The summed E-state index contributed by atoms with van der Waals surface area (Å²) >= 11 is 0. The van der Waals surface area contributed by atoms with Crippen molar-refractivity contribution in [3.8, 4) is 0 Å². The fraction of sp³-hybridized carbons (Fsp3) is 0.500. The van der Waals surface area contributed by atoms with Gasteiger partial charge in [-0.2, -0.15) is 0 Å². The van der Waals surface area contributed by atoms with Gasteiger partial charge in [0.2, 0.25) is 0 Å². The van der Waals surface area contributed by atoms with E-state index < -0.39 is 0 Å². The van der Waals surface area contributed by atoms with Gasteiger partial charge in [-0.05, 0) is 43.0 Å². The molecule has 0 saturated carbocycles. The van der Waals surface area contributed by atoms with Crippen LogP contribution in [0.2, 0.25) is 0 Å². The molecule has 1 fully saturated rings. The molecule has 2 rings (SSSR count). The summed E-state index contributed by atoms with van der Waals surface area (Å²) in [6.45, 7) is 2.71. The molecule has 2 unspecified atom stereocenters. The highest BCUT2D eigenvalue weighted by Gasteiger charge is 2.27. The summed E-state index contributed by atoms with van der Waals surface area (Å²) in [7, 11) is 0. The molecule has 2 atom stereocenters. The van der Waals surface area contributed by atoms with Crippen LogP contribution in [0.15, 0.2) is 18.2 Å². The monoisotopic (exact) mass is 224 g/mol. The minimum absolute atomic E-state index is 0.0468. The van der Waals surface area contributed by atoms with E-state index >= 15 is 0 Å². The van der Waals surface area contributed by atoms with Gasteiger partial charge >= 0.3 is 0 Å². The third-order valence-corrected chi connectivity index (χ3v) is 3.09. The molecule has 0 aromatic heterocycles. The van der Waals surface area contributed by atoms with Crippen LogP contribution in [0.1, 0.15) is 30.0 Å². The van der Waals surface area contributed by atoms with Crippen LogP contribution < -0.4 is 11.3 Å². The van der Waals surface area contributed by atoms with Crippen LogP contribution in [0.5, 0.6) is 0 Å². The van der Waals surface area contributed by atoms with Crippen molar-refractivity contribution in [1.82, 2.24) is 5.43 Å². The highest BCUT2D eigenvalue weighted by atomic mass is 19.1. The van der Waals surface area contributed by atoms with Crippen molar-refractivity contribution in [2.24, 2.45) is 5.84 Å². The zero-order valence-corrected chi connectivity index (χ0v) is 9.37. The van der Waals surface area contributed by atoms with E-state index in [1.165, 1.54) is 12.1 Å². The van der Waals surface area contributed by atoms with Crippen LogP contribution in [0, 0.1) is 12.7 Å². The number of hydrogen-bond acceptors (Lipinski definition) is 3. The highest BCUT2D eigenvalue weighted by molar-refractivity contribution is 5.30. The molecular formula is C12H17FN2O. The molecule has 1 saturated heterocycles. The van der Waals surface area contributed by atoms with E-state index in [1.807, 2.05) is 6.92 Å². The molecule has 1 heterocycles. The lowest BCUT2D eigenvalue weighted by Crippen LogP contribution is -2.36. The molecular weight excluding hydrogens is 207 g/mol. The topological polar surface area (TPSA) is 47.3 Å². The number of halogens is 1. The van der Waals surface area contributed by atoms with E-state index in [9.17, 15) is 4.39 Å². The molecule has 1 aromatic rings. The van der Waals surface area contributed by atoms with Gasteiger partial charge in [0, 0.05) is 6.61 Å². The van der Waals surface area contributed by atoms with Gasteiger partial charge in [-0.3, -0.25) is 11.3 Å². The van der Waals surface area contributed by atoms with E-state index in [2.05, 4.69) is 5.43 Å². The zero-order valence-electron chi connectivity index (χ0n) is 9.37. The molecule has 1 aliphatic heterocycles. The van der Waals surface area contributed by atoms with E-state index in [0.717, 1.165) is 30.6 Å². The molecule has 3 N–H and O–H groups in total. The minimum atomic E-state index is -0.237. The fourth-order valence-corrected chi connectivity index (χ4v) is 2.21. The normalized spacial score (nSPS) is 22.3. The van der Waals surface area contributed by atoms with Gasteiger partial charge in [0.05, 0.1) is 12.1 Å².